The standard InChI is InChI=1S/C32H37BrN2O3/c1-23-12-15-27(16-13-23)38-22-32(36,18-8-9-19-35(2)3)30(24-10-6-5-7-11-24)28-21-25-20-26(33)14-17-29(25)34-31(28)37-4/h5-7,10-17,20-21,30,36H,8-9,18-19,22H2,1-4H3. The van der Waals surface area contributed by atoms with Gasteiger partial charge in [-0.15, -0.1) is 0 Å². The number of hydrogen-bond acceptors (Lipinski definition) is 5. The molecule has 0 aliphatic carbocycles. The van der Waals surface area contributed by atoms with Crippen LogP contribution in [0.1, 0.15) is 41.9 Å². The van der Waals surface area contributed by atoms with Gasteiger partial charge in [-0.05, 0) is 88.8 Å². The fourth-order valence-electron chi connectivity index (χ4n) is 4.94. The maximum Gasteiger partial charge on any atom is 0.217 e. The van der Waals surface area contributed by atoms with Gasteiger partial charge in [0.2, 0.25) is 5.88 Å². The number of pyridine rings is 1. The molecule has 5 nitrogen and oxygen atoms in total. The number of aryl methyl sites for hydroxylation is 1. The lowest BCUT2D eigenvalue weighted by molar-refractivity contribution is -0.0283. The maximum atomic E-state index is 12.6. The van der Waals surface area contributed by atoms with Crippen molar-refractivity contribution in [3.63, 3.8) is 0 Å². The SMILES string of the molecule is COc1nc2ccc(Br)cc2cc1C(c1ccccc1)C(O)(CCCCN(C)C)COc1ccc(C)cc1. The highest BCUT2D eigenvalue weighted by Gasteiger charge is 2.41. The molecular formula is C32H37BrN2O3. The van der Waals surface area contributed by atoms with Crippen molar-refractivity contribution in [2.75, 3.05) is 34.4 Å². The van der Waals surface area contributed by atoms with Crippen LogP contribution in [-0.4, -0.2) is 54.9 Å². The topological polar surface area (TPSA) is 54.8 Å². The second-order valence-electron chi connectivity index (χ2n) is 10.2. The summed E-state index contributed by atoms with van der Waals surface area (Å²) in [5.41, 5.74) is 2.62. The zero-order chi connectivity index (χ0) is 27.1. The molecule has 0 fully saturated rings. The minimum Gasteiger partial charge on any atom is -0.491 e. The molecule has 0 spiro atoms. The van der Waals surface area contributed by atoms with Crippen LogP contribution in [0.3, 0.4) is 0 Å². The monoisotopic (exact) mass is 576 g/mol. The molecule has 1 aromatic heterocycles. The van der Waals surface area contributed by atoms with Crippen molar-refractivity contribution in [3.8, 4) is 11.6 Å². The second kappa shape index (κ2) is 12.7. The van der Waals surface area contributed by atoms with Crippen molar-refractivity contribution < 1.29 is 14.6 Å². The van der Waals surface area contributed by atoms with E-state index in [1.807, 2.05) is 67.6 Å². The van der Waals surface area contributed by atoms with Crippen LogP contribution in [0.5, 0.6) is 11.6 Å². The molecule has 0 amide bonds. The number of halogens is 1. The maximum absolute atomic E-state index is 12.6. The van der Waals surface area contributed by atoms with E-state index in [9.17, 15) is 5.11 Å². The Morgan fingerprint density at radius 2 is 1.71 bits per heavy atom. The van der Waals surface area contributed by atoms with E-state index in [1.54, 1.807) is 7.11 Å². The number of rotatable bonds is 12. The van der Waals surface area contributed by atoms with Crippen molar-refractivity contribution in [2.45, 2.75) is 37.7 Å². The number of methoxy groups -OCH3 is 1. The molecule has 4 aromatic rings. The van der Waals surface area contributed by atoms with Crippen LogP contribution >= 0.6 is 15.9 Å². The van der Waals surface area contributed by atoms with E-state index in [1.165, 1.54) is 0 Å². The summed E-state index contributed by atoms with van der Waals surface area (Å²) in [6.45, 7) is 3.14. The van der Waals surface area contributed by atoms with Crippen LogP contribution in [0.15, 0.2) is 83.3 Å². The molecule has 0 aliphatic rings. The van der Waals surface area contributed by atoms with Gasteiger partial charge in [0.05, 0.1) is 12.6 Å². The van der Waals surface area contributed by atoms with Crippen molar-refractivity contribution in [2.24, 2.45) is 0 Å². The van der Waals surface area contributed by atoms with Gasteiger partial charge in [0.1, 0.15) is 18.0 Å². The number of aliphatic hydroxyl groups is 1. The highest BCUT2D eigenvalue weighted by atomic mass is 79.9. The van der Waals surface area contributed by atoms with Gasteiger partial charge in [0.15, 0.2) is 0 Å². The second-order valence-corrected chi connectivity index (χ2v) is 11.1. The van der Waals surface area contributed by atoms with E-state index < -0.39 is 11.5 Å². The molecule has 2 unspecified atom stereocenters. The number of ether oxygens (including phenoxy) is 2. The molecule has 1 N–H and O–H groups in total. The number of aromatic nitrogens is 1. The van der Waals surface area contributed by atoms with E-state index >= 15 is 0 Å². The van der Waals surface area contributed by atoms with Crippen LogP contribution in [0.25, 0.3) is 10.9 Å². The third-order valence-electron chi connectivity index (χ3n) is 6.92. The van der Waals surface area contributed by atoms with Gasteiger partial charge >= 0.3 is 0 Å². The zero-order valence-electron chi connectivity index (χ0n) is 22.7. The van der Waals surface area contributed by atoms with Gasteiger partial charge in [-0.2, -0.15) is 0 Å². The minimum atomic E-state index is -1.22. The predicted octanol–water partition coefficient (Wildman–Crippen LogP) is 6.99. The summed E-state index contributed by atoms with van der Waals surface area (Å²) in [5, 5.41) is 13.6. The van der Waals surface area contributed by atoms with Crippen molar-refractivity contribution in [1.29, 1.82) is 0 Å². The Bertz CT molecular complexity index is 1330. The summed E-state index contributed by atoms with van der Waals surface area (Å²) in [5.74, 6) is 0.830. The molecule has 6 heteroatoms. The molecule has 3 aromatic carbocycles. The van der Waals surface area contributed by atoms with Crippen LogP contribution in [0, 0.1) is 6.92 Å². The summed E-state index contributed by atoms with van der Waals surface area (Å²) in [7, 11) is 5.78. The Morgan fingerprint density at radius 1 is 0.974 bits per heavy atom. The van der Waals surface area contributed by atoms with Crippen molar-refractivity contribution in [3.05, 3.63) is 100 Å². The van der Waals surface area contributed by atoms with Crippen LogP contribution in [0.2, 0.25) is 0 Å². The summed E-state index contributed by atoms with van der Waals surface area (Å²) < 4.78 is 13.1. The Labute approximate surface area is 234 Å². The summed E-state index contributed by atoms with van der Waals surface area (Å²) in [6, 6.07) is 26.2. The third kappa shape index (κ3) is 6.93. The molecule has 38 heavy (non-hydrogen) atoms. The number of hydrogen-bond donors (Lipinski definition) is 1. The molecule has 0 bridgehead atoms. The molecule has 4 rings (SSSR count). The fraction of sp³-hybridized carbons (Fsp3) is 0.344. The average Bonchev–Trinajstić information content (AvgIpc) is 2.91. The highest BCUT2D eigenvalue weighted by molar-refractivity contribution is 9.10. The minimum absolute atomic E-state index is 0.136. The largest absolute Gasteiger partial charge is 0.491 e. The molecule has 0 saturated carbocycles. The molecule has 0 saturated heterocycles. The lowest BCUT2D eigenvalue weighted by Gasteiger charge is -2.37. The predicted molar refractivity (Wildman–Crippen MR) is 158 cm³/mol. The quantitative estimate of drug-likeness (QED) is 0.184. The van der Waals surface area contributed by atoms with E-state index in [4.69, 9.17) is 14.5 Å². The van der Waals surface area contributed by atoms with Gasteiger partial charge in [0, 0.05) is 21.3 Å². The van der Waals surface area contributed by atoms with Gasteiger partial charge in [-0.25, -0.2) is 4.98 Å². The summed E-state index contributed by atoms with van der Waals surface area (Å²) in [6.07, 6.45) is 2.39. The van der Waals surface area contributed by atoms with Crippen LogP contribution < -0.4 is 9.47 Å². The first-order valence-electron chi connectivity index (χ1n) is 13.0. The summed E-state index contributed by atoms with van der Waals surface area (Å²) in [4.78, 5) is 7.01. The van der Waals surface area contributed by atoms with Crippen LogP contribution in [-0.2, 0) is 0 Å². The van der Waals surface area contributed by atoms with E-state index in [2.05, 4.69) is 53.1 Å². The molecule has 200 valence electrons. The first-order valence-corrected chi connectivity index (χ1v) is 13.8. The lowest BCUT2D eigenvalue weighted by atomic mass is 9.75. The lowest BCUT2D eigenvalue weighted by Crippen LogP contribution is -2.43. The highest BCUT2D eigenvalue weighted by Crippen LogP contribution is 2.43. The Morgan fingerprint density at radius 3 is 2.39 bits per heavy atom. The van der Waals surface area contributed by atoms with Crippen molar-refractivity contribution in [1.82, 2.24) is 9.88 Å². The number of unbranched alkanes of at least 4 members (excludes halogenated alkanes) is 1. The number of nitrogens with zero attached hydrogens (tertiary/aromatic N) is 2. The normalized spacial score (nSPS) is 13.9. The van der Waals surface area contributed by atoms with E-state index in [-0.39, 0.29) is 6.61 Å². The molecule has 1 heterocycles. The molecule has 0 aliphatic heterocycles. The average molecular weight is 578 g/mol. The molecule has 2 atom stereocenters. The smallest absolute Gasteiger partial charge is 0.217 e. The first-order chi connectivity index (χ1) is 18.3. The van der Waals surface area contributed by atoms with E-state index in [0.29, 0.717) is 12.3 Å². The van der Waals surface area contributed by atoms with Gasteiger partial charge < -0.3 is 19.5 Å². The van der Waals surface area contributed by atoms with Crippen LogP contribution in [0.4, 0.5) is 0 Å². The Hall–Kier alpha value is -2.93. The number of benzene rings is 3. The Kier molecular flexibility index (Phi) is 9.42. The Balaban J connectivity index is 1.81. The molecular weight excluding hydrogens is 540 g/mol. The van der Waals surface area contributed by atoms with E-state index in [0.717, 1.165) is 57.2 Å². The fourth-order valence-corrected chi connectivity index (χ4v) is 5.32. The van der Waals surface area contributed by atoms with Gasteiger partial charge in [-0.1, -0.05) is 64.0 Å². The third-order valence-corrected chi connectivity index (χ3v) is 7.41. The zero-order valence-corrected chi connectivity index (χ0v) is 24.2. The van der Waals surface area contributed by atoms with Crippen molar-refractivity contribution >= 4 is 26.8 Å². The number of fused-ring (bicyclic) bond motifs is 1. The first kappa shape index (κ1) is 28.1. The van der Waals surface area contributed by atoms with Gasteiger partial charge in [0.25, 0.3) is 0 Å². The molecule has 0 radical (unpaired) electrons. The van der Waals surface area contributed by atoms with Gasteiger partial charge in [-0.3, -0.25) is 0 Å². The summed E-state index contributed by atoms with van der Waals surface area (Å²) >= 11 is 3.59.